The van der Waals surface area contributed by atoms with E-state index in [1.165, 1.54) is 0 Å². The summed E-state index contributed by atoms with van der Waals surface area (Å²) in [4.78, 5) is 41.8. The van der Waals surface area contributed by atoms with Crippen molar-refractivity contribution in [1.29, 1.82) is 0 Å². The maximum atomic E-state index is 11.4. The van der Waals surface area contributed by atoms with Crippen molar-refractivity contribution in [3.63, 3.8) is 0 Å². The Labute approximate surface area is 216 Å². The molecule has 3 rings (SSSR count). The summed E-state index contributed by atoms with van der Waals surface area (Å²) in [5, 5.41) is 28.0. The largest absolute Gasteiger partial charge is 0.480 e. The van der Waals surface area contributed by atoms with Crippen LogP contribution in [-0.4, -0.2) is 138 Å². The standard InChI is InChI=1S/C25H38N4O8/c30-22(31)17-27-8-6-26(16-20-2-4-21(5-3-20)25-36-14-1-15-37-25)7-9-28(18-23(32)33)11-13-29(12-10-27)19-24(34)35/h2-5,25H,1,6-19H2,(H,30,31)(H,32,33)(H,34,35). The highest BCUT2D eigenvalue weighted by Gasteiger charge is 2.21. The van der Waals surface area contributed by atoms with Gasteiger partial charge in [0.2, 0.25) is 0 Å². The van der Waals surface area contributed by atoms with Crippen LogP contribution in [0.4, 0.5) is 0 Å². The van der Waals surface area contributed by atoms with E-state index in [1.807, 2.05) is 34.1 Å². The second-order valence-corrected chi connectivity index (χ2v) is 9.45. The Morgan fingerprint density at radius 1 is 0.649 bits per heavy atom. The van der Waals surface area contributed by atoms with Gasteiger partial charge in [0.05, 0.1) is 32.8 Å². The number of carboxylic acids is 3. The minimum absolute atomic E-state index is 0.129. The van der Waals surface area contributed by atoms with E-state index in [0.717, 1.165) is 17.5 Å². The van der Waals surface area contributed by atoms with Crippen molar-refractivity contribution >= 4 is 17.9 Å². The van der Waals surface area contributed by atoms with Crippen LogP contribution in [-0.2, 0) is 30.4 Å². The number of rotatable bonds is 9. The van der Waals surface area contributed by atoms with E-state index in [4.69, 9.17) is 9.47 Å². The zero-order valence-corrected chi connectivity index (χ0v) is 21.2. The third kappa shape index (κ3) is 10.7. The molecule has 1 aromatic rings. The van der Waals surface area contributed by atoms with Crippen LogP contribution in [0.15, 0.2) is 24.3 Å². The fourth-order valence-corrected chi connectivity index (χ4v) is 4.50. The van der Waals surface area contributed by atoms with Gasteiger partial charge in [-0.2, -0.15) is 0 Å². The monoisotopic (exact) mass is 522 g/mol. The smallest absolute Gasteiger partial charge is 0.317 e. The molecule has 0 saturated carbocycles. The number of hydrogen-bond donors (Lipinski definition) is 3. The Hall–Kier alpha value is -2.61. The Kier molecular flexibility index (Phi) is 11.7. The normalized spacial score (nSPS) is 20.6. The van der Waals surface area contributed by atoms with Crippen molar-refractivity contribution in [3.05, 3.63) is 35.4 Å². The van der Waals surface area contributed by atoms with Crippen molar-refractivity contribution in [2.45, 2.75) is 19.3 Å². The zero-order chi connectivity index (χ0) is 26.6. The summed E-state index contributed by atoms with van der Waals surface area (Å²) in [5.41, 5.74) is 2.04. The second-order valence-electron chi connectivity index (χ2n) is 9.45. The summed E-state index contributed by atoms with van der Waals surface area (Å²) < 4.78 is 11.3. The minimum atomic E-state index is -0.972. The molecule has 1 aromatic carbocycles. The molecule has 37 heavy (non-hydrogen) atoms. The third-order valence-electron chi connectivity index (χ3n) is 6.49. The van der Waals surface area contributed by atoms with E-state index in [2.05, 4.69) is 4.90 Å². The first kappa shape index (κ1) is 29.0. The molecule has 0 spiro atoms. The molecule has 2 aliphatic rings. The molecule has 2 heterocycles. The molecule has 0 aliphatic carbocycles. The molecule has 2 saturated heterocycles. The minimum Gasteiger partial charge on any atom is -0.480 e. The van der Waals surface area contributed by atoms with Gasteiger partial charge < -0.3 is 24.8 Å². The number of hydrogen-bond acceptors (Lipinski definition) is 9. The summed E-state index contributed by atoms with van der Waals surface area (Å²) in [6, 6.07) is 8.04. The fraction of sp³-hybridized carbons (Fsp3) is 0.640. The zero-order valence-electron chi connectivity index (χ0n) is 21.2. The lowest BCUT2D eigenvalue weighted by molar-refractivity contribution is -0.183. The quantitative estimate of drug-likeness (QED) is 0.405. The molecule has 3 N–H and O–H groups in total. The maximum absolute atomic E-state index is 11.4. The van der Waals surface area contributed by atoms with Crippen LogP contribution in [0.25, 0.3) is 0 Å². The number of carbonyl (C=O) groups is 3. The summed E-state index contributed by atoms with van der Waals surface area (Å²) in [7, 11) is 0. The van der Waals surface area contributed by atoms with Crippen molar-refractivity contribution in [2.24, 2.45) is 0 Å². The highest BCUT2D eigenvalue weighted by atomic mass is 16.7. The lowest BCUT2D eigenvalue weighted by Crippen LogP contribution is -2.48. The average Bonchev–Trinajstić information content (AvgIpc) is 2.85. The van der Waals surface area contributed by atoms with Crippen molar-refractivity contribution < 1.29 is 39.2 Å². The number of carboxylic acid groups (broad SMARTS) is 3. The molecule has 0 atom stereocenters. The van der Waals surface area contributed by atoms with E-state index in [1.54, 1.807) is 4.90 Å². The molecule has 2 fully saturated rings. The van der Waals surface area contributed by atoms with Gasteiger partial charge in [-0.1, -0.05) is 24.3 Å². The average molecular weight is 523 g/mol. The molecular weight excluding hydrogens is 484 g/mol. The lowest BCUT2D eigenvalue weighted by atomic mass is 10.1. The first-order valence-electron chi connectivity index (χ1n) is 12.7. The second kappa shape index (κ2) is 15.0. The molecule has 0 unspecified atom stereocenters. The van der Waals surface area contributed by atoms with Crippen molar-refractivity contribution in [1.82, 2.24) is 19.6 Å². The van der Waals surface area contributed by atoms with Crippen molar-refractivity contribution in [3.8, 4) is 0 Å². The van der Waals surface area contributed by atoms with Gasteiger partial charge in [-0.05, 0) is 12.0 Å². The Balaban J connectivity index is 1.70. The van der Waals surface area contributed by atoms with Crippen LogP contribution in [0.5, 0.6) is 0 Å². The first-order valence-corrected chi connectivity index (χ1v) is 12.7. The Morgan fingerprint density at radius 2 is 1.03 bits per heavy atom. The van der Waals surface area contributed by atoms with Crippen LogP contribution in [0.1, 0.15) is 23.8 Å². The fourth-order valence-electron chi connectivity index (χ4n) is 4.50. The maximum Gasteiger partial charge on any atom is 0.317 e. The number of aliphatic carboxylic acids is 3. The number of nitrogens with zero attached hydrogens (tertiary/aromatic N) is 4. The van der Waals surface area contributed by atoms with Crippen LogP contribution >= 0.6 is 0 Å². The third-order valence-corrected chi connectivity index (χ3v) is 6.49. The van der Waals surface area contributed by atoms with E-state index in [-0.39, 0.29) is 25.9 Å². The summed E-state index contributed by atoms with van der Waals surface area (Å²) in [6.45, 7) is 5.27. The topological polar surface area (TPSA) is 143 Å². The molecule has 0 aromatic heterocycles. The van der Waals surface area contributed by atoms with Gasteiger partial charge in [0.15, 0.2) is 6.29 Å². The molecule has 0 bridgehead atoms. The summed E-state index contributed by atoms with van der Waals surface area (Å²) in [6.07, 6.45) is 0.540. The van der Waals surface area contributed by atoms with Crippen LogP contribution < -0.4 is 0 Å². The van der Waals surface area contributed by atoms with Crippen LogP contribution in [0.3, 0.4) is 0 Å². The number of benzene rings is 1. The van der Waals surface area contributed by atoms with Gasteiger partial charge in [-0.15, -0.1) is 0 Å². The predicted octanol–water partition coefficient (Wildman–Crippen LogP) is 0.0975. The van der Waals surface area contributed by atoms with Gasteiger partial charge in [-0.25, -0.2) is 0 Å². The molecule has 0 amide bonds. The SMILES string of the molecule is O=C(O)CN1CCN(CC(=O)O)CCN(Cc2ccc(C3OCCCO3)cc2)CCN(CC(=O)O)CC1. The predicted molar refractivity (Wildman–Crippen MR) is 133 cm³/mol. The van der Waals surface area contributed by atoms with Crippen LogP contribution in [0, 0.1) is 0 Å². The molecule has 0 radical (unpaired) electrons. The highest BCUT2D eigenvalue weighted by molar-refractivity contribution is 5.69. The van der Waals surface area contributed by atoms with Crippen molar-refractivity contribution in [2.75, 3.05) is 85.2 Å². The lowest BCUT2D eigenvalue weighted by Gasteiger charge is -2.33. The van der Waals surface area contributed by atoms with Gasteiger partial charge in [0.25, 0.3) is 0 Å². The summed E-state index contributed by atoms with van der Waals surface area (Å²) in [5.74, 6) is -2.84. The highest BCUT2D eigenvalue weighted by Crippen LogP contribution is 2.23. The number of ether oxygens (including phenoxy) is 2. The molecule has 12 heteroatoms. The van der Waals surface area contributed by atoms with E-state index < -0.39 is 17.9 Å². The van der Waals surface area contributed by atoms with E-state index in [0.29, 0.717) is 72.1 Å². The molecular formula is C25H38N4O8. The molecule has 206 valence electrons. The Morgan fingerprint density at radius 3 is 1.41 bits per heavy atom. The molecule has 12 nitrogen and oxygen atoms in total. The van der Waals surface area contributed by atoms with Gasteiger partial charge in [0, 0.05) is 64.5 Å². The summed E-state index contributed by atoms with van der Waals surface area (Å²) >= 11 is 0. The van der Waals surface area contributed by atoms with Gasteiger partial charge in [-0.3, -0.25) is 34.0 Å². The van der Waals surface area contributed by atoms with Crippen LogP contribution in [0.2, 0.25) is 0 Å². The Bertz CT molecular complexity index is 846. The van der Waals surface area contributed by atoms with Gasteiger partial charge >= 0.3 is 17.9 Å². The van der Waals surface area contributed by atoms with Gasteiger partial charge in [0.1, 0.15) is 0 Å². The van der Waals surface area contributed by atoms with E-state index in [9.17, 15) is 29.7 Å². The van der Waals surface area contributed by atoms with E-state index >= 15 is 0 Å². The molecule has 2 aliphatic heterocycles. The first-order chi connectivity index (χ1) is 17.8.